The molecule has 2 unspecified atom stereocenters. The fourth-order valence-corrected chi connectivity index (χ4v) is 3.12. The third kappa shape index (κ3) is 4.87. The van der Waals surface area contributed by atoms with Crippen LogP contribution in [0.3, 0.4) is 0 Å². The van der Waals surface area contributed by atoms with Crippen LogP contribution in [0, 0.1) is 18.8 Å². The average molecular weight is 362 g/mol. The molecule has 1 aromatic carbocycles. The van der Waals surface area contributed by atoms with Crippen LogP contribution in [0.4, 0.5) is 21.0 Å². The molecule has 0 spiro atoms. The summed E-state index contributed by atoms with van der Waals surface area (Å²) in [6, 6.07) is 4.60. The maximum absolute atomic E-state index is 12.6. The molecule has 8 heteroatoms. The molecule has 0 aliphatic carbocycles. The van der Waals surface area contributed by atoms with Crippen molar-refractivity contribution in [1.29, 1.82) is 0 Å². The fraction of sp³-hybridized carbons (Fsp3) is 0.500. The van der Waals surface area contributed by atoms with Gasteiger partial charge in [-0.1, -0.05) is 13.0 Å². The van der Waals surface area contributed by atoms with Gasteiger partial charge in [-0.2, -0.15) is 0 Å². The number of likely N-dealkylation sites (tertiary alicyclic amines) is 1. The van der Waals surface area contributed by atoms with Gasteiger partial charge in [0.1, 0.15) is 0 Å². The topological polar surface area (TPSA) is 111 Å². The van der Waals surface area contributed by atoms with Crippen molar-refractivity contribution in [3.8, 4) is 0 Å². The molecule has 1 heterocycles. The first-order valence-corrected chi connectivity index (χ1v) is 8.75. The predicted octanol–water partition coefficient (Wildman–Crippen LogP) is 2.71. The van der Waals surface area contributed by atoms with E-state index in [0.29, 0.717) is 30.9 Å². The van der Waals surface area contributed by atoms with Crippen molar-refractivity contribution in [3.63, 3.8) is 0 Å². The molecule has 26 heavy (non-hydrogen) atoms. The van der Waals surface area contributed by atoms with Crippen molar-refractivity contribution in [2.24, 2.45) is 11.8 Å². The number of nitrogens with zero attached hydrogens (tertiary/aromatic N) is 1. The Morgan fingerprint density at radius 1 is 1.19 bits per heavy atom. The highest BCUT2D eigenvalue weighted by molar-refractivity contribution is 5.94. The molecule has 0 radical (unpaired) electrons. The molecule has 1 aliphatic rings. The number of hydrogen-bond donors (Lipinski definition) is 4. The zero-order valence-electron chi connectivity index (χ0n) is 15.3. The Morgan fingerprint density at radius 2 is 1.85 bits per heavy atom. The number of piperidine rings is 1. The molecule has 1 fully saturated rings. The Kier molecular flexibility index (Phi) is 6.43. The van der Waals surface area contributed by atoms with E-state index in [2.05, 4.69) is 16.0 Å². The number of aliphatic carboxylic acids is 1. The third-order valence-electron chi connectivity index (χ3n) is 4.46. The van der Waals surface area contributed by atoms with Crippen molar-refractivity contribution in [2.45, 2.75) is 27.2 Å². The van der Waals surface area contributed by atoms with E-state index < -0.39 is 11.9 Å². The molecule has 4 amide bonds. The normalized spacial score (nSPS) is 19.6. The van der Waals surface area contributed by atoms with Crippen molar-refractivity contribution in [1.82, 2.24) is 10.2 Å². The van der Waals surface area contributed by atoms with Gasteiger partial charge in [0.15, 0.2) is 0 Å². The minimum atomic E-state index is -0.876. The summed E-state index contributed by atoms with van der Waals surface area (Å²) in [5, 5.41) is 17.5. The van der Waals surface area contributed by atoms with Gasteiger partial charge >= 0.3 is 18.0 Å². The zero-order chi connectivity index (χ0) is 19.3. The highest BCUT2D eigenvalue weighted by Crippen LogP contribution is 2.26. The van der Waals surface area contributed by atoms with Crippen molar-refractivity contribution in [2.75, 3.05) is 30.3 Å². The second-order valence-corrected chi connectivity index (χ2v) is 6.67. The lowest BCUT2D eigenvalue weighted by Crippen LogP contribution is -2.47. The van der Waals surface area contributed by atoms with Crippen LogP contribution < -0.4 is 16.0 Å². The number of rotatable bonds is 4. The number of nitrogens with one attached hydrogen (secondary N) is 3. The Labute approximate surface area is 152 Å². The Bertz CT molecular complexity index is 692. The average Bonchev–Trinajstić information content (AvgIpc) is 2.58. The predicted molar refractivity (Wildman–Crippen MR) is 99.4 cm³/mol. The molecular weight excluding hydrogens is 336 g/mol. The second-order valence-electron chi connectivity index (χ2n) is 6.67. The summed E-state index contributed by atoms with van der Waals surface area (Å²) < 4.78 is 0. The van der Waals surface area contributed by atoms with E-state index in [1.165, 1.54) is 4.90 Å². The first-order valence-electron chi connectivity index (χ1n) is 8.75. The zero-order valence-corrected chi connectivity index (χ0v) is 15.3. The molecule has 8 nitrogen and oxygen atoms in total. The van der Waals surface area contributed by atoms with Crippen LogP contribution in [0.15, 0.2) is 18.2 Å². The number of benzene rings is 1. The van der Waals surface area contributed by atoms with Crippen molar-refractivity contribution < 1.29 is 19.5 Å². The van der Waals surface area contributed by atoms with Crippen LogP contribution in [-0.2, 0) is 4.79 Å². The van der Waals surface area contributed by atoms with Gasteiger partial charge in [-0.25, -0.2) is 9.59 Å². The summed E-state index contributed by atoms with van der Waals surface area (Å²) in [7, 11) is 0. The number of urea groups is 2. The van der Waals surface area contributed by atoms with Gasteiger partial charge in [0.25, 0.3) is 0 Å². The van der Waals surface area contributed by atoms with Crippen LogP contribution in [0.25, 0.3) is 0 Å². The highest BCUT2D eigenvalue weighted by atomic mass is 16.4. The molecule has 2 atom stereocenters. The molecular formula is C18H26N4O4. The molecule has 1 aliphatic heterocycles. The van der Waals surface area contributed by atoms with E-state index in [4.69, 9.17) is 0 Å². The summed E-state index contributed by atoms with van der Waals surface area (Å²) in [6.45, 7) is 6.80. The largest absolute Gasteiger partial charge is 0.481 e. The van der Waals surface area contributed by atoms with Gasteiger partial charge < -0.3 is 26.0 Å². The molecule has 1 aromatic rings. The molecule has 4 N–H and O–H groups in total. The van der Waals surface area contributed by atoms with E-state index in [1.54, 1.807) is 25.1 Å². The summed E-state index contributed by atoms with van der Waals surface area (Å²) in [5.41, 5.74) is 1.91. The van der Waals surface area contributed by atoms with Crippen molar-refractivity contribution in [3.05, 3.63) is 23.8 Å². The van der Waals surface area contributed by atoms with E-state index in [1.807, 2.05) is 13.8 Å². The number of hydrogen-bond acceptors (Lipinski definition) is 3. The minimum Gasteiger partial charge on any atom is -0.481 e. The molecule has 1 saturated heterocycles. The summed E-state index contributed by atoms with van der Waals surface area (Å²) in [6.07, 6.45) is 0.573. The Balaban J connectivity index is 2.09. The molecule has 0 aromatic heterocycles. The van der Waals surface area contributed by atoms with E-state index in [0.717, 1.165) is 5.56 Å². The standard InChI is InChI=1S/C18H26N4O4/c1-4-19-17(25)20-14-6-5-7-15(12(14)3)21-18(26)22-9-11(2)8-13(10-22)16(23)24/h5-7,11,13H,4,8-10H2,1-3H3,(H,21,26)(H,23,24)(H2,19,20,25). The number of carboxylic acids is 1. The number of anilines is 2. The summed E-state index contributed by atoms with van der Waals surface area (Å²) in [4.78, 5) is 37.1. The first kappa shape index (κ1) is 19.6. The lowest BCUT2D eigenvalue weighted by Gasteiger charge is -2.34. The smallest absolute Gasteiger partial charge is 0.321 e. The first-order chi connectivity index (χ1) is 12.3. The fourth-order valence-electron chi connectivity index (χ4n) is 3.12. The second kappa shape index (κ2) is 8.55. The molecule has 0 saturated carbocycles. The van der Waals surface area contributed by atoms with Crippen LogP contribution in [0.5, 0.6) is 0 Å². The van der Waals surface area contributed by atoms with Gasteiger partial charge in [0.2, 0.25) is 0 Å². The minimum absolute atomic E-state index is 0.127. The number of carbonyl (C=O) groups excluding carboxylic acids is 2. The van der Waals surface area contributed by atoms with Crippen LogP contribution in [-0.4, -0.2) is 47.7 Å². The van der Waals surface area contributed by atoms with E-state index in [-0.39, 0.29) is 24.5 Å². The highest BCUT2D eigenvalue weighted by Gasteiger charge is 2.32. The van der Waals surface area contributed by atoms with Gasteiger partial charge in [0, 0.05) is 31.0 Å². The number of amides is 4. The third-order valence-corrected chi connectivity index (χ3v) is 4.46. The van der Waals surface area contributed by atoms with Crippen LogP contribution >= 0.6 is 0 Å². The van der Waals surface area contributed by atoms with E-state index in [9.17, 15) is 19.5 Å². The van der Waals surface area contributed by atoms with Gasteiger partial charge in [-0.05, 0) is 43.9 Å². The summed E-state index contributed by atoms with van der Waals surface area (Å²) in [5.74, 6) is -1.29. The van der Waals surface area contributed by atoms with Crippen LogP contribution in [0.1, 0.15) is 25.8 Å². The van der Waals surface area contributed by atoms with Gasteiger partial charge in [-0.15, -0.1) is 0 Å². The van der Waals surface area contributed by atoms with Gasteiger partial charge in [-0.3, -0.25) is 4.79 Å². The van der Waals surface area contributed by atoms with Gasteiger partial charge in [0.05, 0.1) is 5.92 Å². The van der Waals surface area contributed by atoms with E-state index >= 15 is 0 Å². The number of carboxylic acid groups (broad SMARTS) is 1. The quantitative estimate of drug-likeness (QED) is 0.660. The molecule has 2 rings (SSSR count). The summed E-state index contributed by atoms with van der Waals surface area (Å²) >= 11 is 0. The lowest BCUT2D eigenvalue weighted by molar-refractivity contribution is -0.143. The van der Waals surface area contributed by atoms with Crippen LogP contribution in [0.2, 0.25) is 0 Å². The lowest BCUT2D eigenvalue weighted by atomic mass is 9.91. The SMILES string of the molecule is CCNC(=O)Nc1cccc(NC(=O)N2CC(C)CC(C(=O)O)C2)c1C. The number of carbonyl (C=O) groups is 3. The van der Waals surface area contributed by atoms with Crippen molar-refractivity contribution >= 4 is 29.4 Å². The Morgan fingerprint density at radius 3 is 2.46 bits per heavy atom. The Hall–Kier alpha value is -2.77. The molecule has 0 bridgehead atoms. The molecule has 142 valence electrons. The maximum atomic E-state index is 12.6. The monoisotopic (exact) mass is 362 g/mol. The maximum Gasteiger partial charge on any atom is 0.321 e.